The van der Waals surface area contributed by atoms with Crippen molar-refractivity contribution in [3.05, 3.63) is 23.9 Å². The van der Waals surface area contributed by atoms with E-state index in [1.165, 1.54) is 18.2 Å². The molecule has 0 unspecified atom stereocenters. The molecule has 21 heavy (non-hydrogen) atoms. The average molecular weight is 307 g/mol. The normalized spacial score (nSPS) is 33.3. The third kappa shape index (κ3) is 2.09. The number of nitrogens with zero attached hydrogens (tertiary/aromatic N) is 1. The highest BCUT2D eigenvalue weighted by Gasteiger charge is 2.63. The van der Waals surface area contributed by atoms with Crippen LogP contribution in [-0.2, 0) is 0 Å². The van der Waals surface area contributed by atoms with Gasteiger partial charge in [-0.25, -0.2) is 9.78 Å². The number of aliphatic hydroxyl groups is 1. The van der Waals surface area contributed by atoms with Crippen molar-refractivity contribution in [2.24, 2.45) is 16.7 Å². The Labute approximate surface area is 129 Å². The van der Waals surface area contributed by atoms with Gasteiger partial charge >= 0.3 is 5.97 Å². The van der Waals surface area contributed by atoms with E-state index in [0.717, 1.165) is 18.6 Å². The van der Waals surface area contributed by atoms with Crippen LogP contribution in [-0.4, -0.2) is 33.0 Å². The Morgan fingerprint density at radius 3 is 2.86 bits per heavy atom. The lowest BCUT2D eigenvalue weighted by molar-refractivity contribution is 0.0168. The summed E-state index contributed by atoms with van der Waals surface area (Å²) in [5.74, 6) is 0.365. The summed E-state index contributed by atoms with van der Waals surface area (Å²) in [6.45, 7) is 4.50. The quantitative estimate of drug-likeness (QED) is 0.837. The van der Waals surface area contributed by atoms with Crippen molar-refractivity contribution in [2.45, 2.75) is 44.2 Å². The molecule has 3 rings (SSSR count). The first-order chi connectivity index (χ1) is 9.88. The fraction of sp³-hybridized carbons (Fsp3) is 0.625. The molecule has 0 spiro atoms. The molecule has 3 atom stereocenters. The van der Waals surface area contributed by atoms with Crippen LogP contribution in [0, 0.1) is 16.7 Å². The minimum atomic E-state index is -0.946. The number of hydrogen-bond donors (Lipinski definition) is 2. The monoisotopic (exact) mass is 307 g/mol. The number of aromatic nitrogens is 1. The Bertz CT molecular complexity index is 574. The number of pyridine rings is 1. The molecular formula is C16H21NO3S. The molecule has 2 N–H and O–H groups in total. The molecular weight excluding hydrogens is 286 g/mol. The van der Waals surface area contributed by atoms with Crippen LogP contribution >= 0.6 is 11.8 Å². The standard InChI is InChI=1S/C16H21NO3S/c1-15(2)10-5-6-16(15,12(18)8-10)9-21-13-11(14(19)20)4-3-7-17-13/h3-4,7,10,12,18H,5-6,8-9H2,1-2H3,(H,19,20)/t10-,12-,16-/m1/s1. The molecule has 1 aromatic heterocycles. The summed E-state index contributed by atoms with van der Waals surface area (Å²) in [6, 6.07) is 3.23. The second kappa shape index (κ2) is 4.99. The number of rotatable bonds is 4. The van der Waals surface area contributed by atoms with Gasteiger partial charge < -0.3 is 10.2 Å². The highest BCUT2D eigenvalue weighted by atomic mass is 32.2. The minimum Gasteiger partial charge on any atom is -0.478 e. The van der Waals surface area contributed by atoms with E-state index in [9.17, 15) is 15.0 Å². The third-order valence-corrected chi connectivity index (χ3v) is 7.11. The van der Waals surface area contributed by atoms with E-state index >= 15 is 0 Å². The number of carbonyl (C=O) groups is 1. The van der Waals surface area contributed by atoms with E-state index in [2.05, 4.69) is 18.8 Å². The summed E-state index contributed by atoms with van der Waals surface area (Å²) in [6.07, 6.45) is 4.41. The fourth-order valence-corrected chi connectivity index (χ4v) is 5.79. The highest BCUT2D eigenvalue weighted by molar-refractivity contribution is 7.99. The van der Waals surface area contributed by atoms with Crippen molar-refractivity contribution in [2.75, 3.05) is 5.75 Å². The average Bonchev–Trinajstić information content (AvgIpc) is 2.79. The van der Waals surface area contributed by atoms with Gasteiger partial charge in [-0.05, 0) is 42.7 Å². The molecule has 1 heterocycles. The Balaban J connectivity index is 1.84. The van der Waals surface area contributed by atoms with E-state index < -0.39 is 5.97 Å². The van der Waals surface area contributed by atoms with Gasteiger partial charge in [-0.3, -0.25) is 0 Å². The van der Waals surface area contributed by atoms with Gasteiger partial charge in [0.1, 0.15) is 5.03 Å². The van der Waals surface area contributed by atoms with Gasteiger partial charge in [-0.15, -0.1) is 11.8 Å². The lowest BCUT2D eigenvalue weighted by atomic mass is 9.70. The molecule has 2 fully saturated rings. The van der Waals surface area contributed by atoms with Crippen LogP contribution in [0.25, 0.3) is 0 Å². The lowest BCUT2D eigenvalue weighted by Gasteiger charge is -2.40. The lowest BCUT2D eigenvalue weighted by Crippen LogP contribution is -2.41. The first kappa shape index (κ1) is 14.9. The molecule has 5 heteroatoms. The van der Waals surface area contributed by atoms with Crippen molar-refractivity contribution in [1.29, 1.82) is 0 Å². The number of aromatic carboxylic acids is 1. The predicted octanol–water partition coefficient (Wildman–Crippen LogP) is 3.06. The molecule has 2 aliphatic rings. The zero-order valence-electron chi connectivity index (χ0n) is 12.4. The first-order valence-corrected chi connectivity index (χ1v) is 8.36. The van der Waals surface area contributed by atoms with Crippen molar-refractivity contribution >= 4 is 17.7 Å². The smallest absolute Gasteiger partial charge is 0.338 e. The van der Waals surface area contributed by atoms with Gasteiger partial charge in [0.25, 0.3) is 0 Å². The third-order valence-electron chi connectivity index (χ3n) is 5.86. The van der Waals surface area contributed by atoms with Gasteiger partial charge in [0, 0.05) is 17.4 Å². The van der Waals surface area contributed by atoms with E-state index in [1.54, 1.807) is 18.3 Å². The summed E-state index contributed by atoms with van der Waals surface area (Å²) in [5.41, 5.74) is 0.242. The van der Waals surface area contributed by atoms with E-state index in [0.29, 0.717) is 10.9 Å². The zero-order chi connectivity index (χ0) is 15.3. The number of hydrogen-bond acceptors (Lipinski definition) is 4. The summed E-state index contributed by atoms with van der Waals surface area (Å²) >= 11 is 1.48. The molecule has 1 aromatic rings. The van der Waals surface area contributed by atoms with Crippen molar-refractivity contribution in [3.63, 3.8) is 0 Å². The number of thioether (sulfide) groups is 1. The number of aliphatic hydroxyl groups excluding tert-OH is 1. The van der Waals surface area contributed by atoms with Crippen LogP contribution in [0.4, 0.5) is 0 Å². The predicted molar refractivity (Wildman–Crippen MR) is 81.5 cm³/mol. The maximum absolute atomic E-state index is 11.3. The highest BCUT2D eigenvalue weighted by Crippen LogP contribution is 2.66. The Kier molecular flexibility index (Phi) is 3.53. The van der Waals surface area contributed by atoms with Crippen LogP contribution in [0.3, 0.4) is 0 Å². The summed E-state index contributed by atoms with van der Waals surface area (Å²) in [5, 5.41) is 20.3. The van der Waals surface area contributed by atoms with Gasteiger partial charge in [0.2, 0.25) is 0 Å². The molecule has 114 valence electrons. The van der Waals surface area contributed by atoms with Crippen molar-refractivity contribution in [3.8, 4) is 0 Å². The topological polar surface area (TPSA) is 70.4 Å². The molecule has 0 aliphatic heterocycles. The van der Waals surface area contributed by atoms with Gasteiger partial charge in [0.05, 0.1) is 11.7 Å². The Hall–Kier alpha value is -1.07. The molecule has 2 saturated carbocycles. The maximum Gasteiger partial charge on any atom is 0.338 e. The summed E-state index contributed by atoms with van der Waals surface area (Å²) < 4.78 is 0. The number of carboxylic acid groups (broad SMARTS) is 1. The summed E-state index contributed by atoms with van der Waals surface area (Å²) in [4.78, 5) is 15.5. The van der Waals surface area contributed by atoms with E-state index in [4.69, 9.17) is 0 Å². The zero-order valence-corrected chi connectivity index (χ0v) is 13.2. The first-order valence-electron chi connectivity index (χ1n) is 7.38. The minimum absolute atomic E-state index is 0.109. The Morgan fingerprint density at radius 1 is 1.52 bits per heavy atom. The van der Waals surface area contributed by atoms with E-state index in [1.807, 2.05) is 0 Å². The second-order valence-corrected chi connectivity index (χ2v) is 7.78. The second-order valence-electron chi connectivity index (χ2n) is 6.81. The van der Waals surface area contributed by atoms with Crippen LogP contribution in [0.1, 0.15) is 43.5 Å². The van der Waals surface area contributed by atoms with Gasteiger partial charge in [0.15, 0.2) is 0 Å². The number of carboxylic acids is 1. The SMILES string of the molecule is CC1(C)[C@@H]2CC[C@@]1(CSc1ncccc1C(=O)O)[C@H](O)C2. The van der Waals surface area contributed by atoms with Gasteiger partial charge in [-0.2, -0.15) is 0 Å². The van der Waals surface area contributed by atoms with Crippen LogP contribution in [0.5, 0.6) is 0 Å². The molecule has 2 bridgehead atoms. The van der Waals surface area contributed by atoms with Crippen LogP contribution < -0.4 is 0 Å². The van der Waals surface area contributed by atoms with Crippen molar-refractivity contribution in [1.82, 2.24) is 4.98 Å². The summed E-state index contributed by atoms with van der Waals surface area (Å²) in [7, 11) is 0. The molecule has 0 amide bonds. The molecule has 4 nitrogen and oxygen atoms in total. The van der Waals surface area contributed by atoms with Crippen molar-refractivity contribution < 1.29 is 15.0 Å². The van der Waals surface area contributed by atoms with Crippen LogP contribution in [0.15, 0.2) is 23.4 Å². The maximum atomic E-state index is 11.3. The number of fused-ring (bicyclic) bond motifs is 2. The Morgan fingerprint density at radius 2 is 2.29 bits per heavy atom. The fourth-order valence-electron chi connectivity index (χ4n) is 4.25. The molecule has 2 aliphatic carbocycles. The largest absolute Gasteiger partial charge is 0.478 e. The van der Waals surface area contributed by atoms with Gasteiger partial charge in [-0.1, -0.05) is 13.8 Å². The van der Waals surface area contributed by atoms with E-state index in [-0.39, 0.29) is 22.5 Å². The molecule has 0 aromatic carbocycles. The van der Waals surface area contributed by atoms with Crippen LogP contribution in [0.2, 0.25) is 0 Å². The molecule has 0 radical (unpaired) electrons. The molecule has 0 saturated heterocycles.